The highest BCUT2D eigenvalue weighted by atomic mass is 35.5. The van der Waals surface area contributed by atoms with Crippen molar-refractivity contribution < 1.29 is 4.39 Å². The van der Waals surface area contributed by atoms with Crippen LogP contribution in [0.1, 0.15) is 0 Å². The number of aromatic nitrogens is 3. The van der Waals surface area contributed by atoms with E-state index >= 15 is 0 Å². The molecule has 0 bridgehead atoms. The van der Waals surface area contributed by atoms with Gasteiger partial charge in [-0.2, -0.15) is 5.10 Å². The first kappa shape index (κ1) is 13.0. The number of rotatable bonds is 2. The Kier molecular flexibility index (Phi) is 3.38. The fourth-order valence-corrected chi connectivity index (χ4v) is 2.31. The summed E-state index contributed by atoms with van der Waals surface area (Å²) >= 11 is 11.1. The number of benzene rings is 2. The van der Waals surface area contributed by atoms with Gasteiger partial charge < -0.3 is 0 Å². The fraction of sp³-hybridized carbons (Fsp3) is 0. The number of hydrogen-bond acceptors (Lipinski definition) is 2. The van der Waals surface area contributed by atoms with Gasteiger partial charge in [0.15, 0.2) is 10.6 Å². The molecule has 0 saturated heterocycles. The molecule has 3 nitrogen and oxygen atoms in total. The fourth-order valence-electron chi connectivity index (χ4n) is 1.95. The zero-order valence-electron chi connectivity index (χ0n) is 10.2. The van der Waals surface area contributed by atoms with Crippen molar-refractivity contribution in [3.63, 3.8) is 0 Å². The van der Waals surface area contributed by atoms with Crippen molar-refractivity contribution in [2.24, 2.45) is 0 Å². The van der Waals surface area contributed by atoms with Crippen molar-refractivity contribution in [2.45, 2.75) is 0 Å². The molecular formula is C14H9ClFN3S. The van der Waals surface area contributed by atoms with E-state index in [1.54, 1.807) is 47.0 Å². The minimum absolute atomic E-state index is 0.350. The number of hydrogen-bond donors (Lipinski definition) is 1. The van der Waals surface area contributed by atoms with Gasteiger partial charge in [0.2, 0.25) is 0 Å². The standard InChI is InChI=1S/C14H9ClFN3S/c15-9-5-7-10(8-6-9)19-13(17-18-14(19)20)11-3-1-2-4-12(11)16/h1-8H,(H,18,20). The van der Waals surface area contributed by atoms with E-state index in [4.69, 9.17) is 23.8 Å². The van der Waals surface area contributed by atoms with Gasteiger partial charge in [-0.1, -0.05) is 23.7 Å². The van der Waals surface area contributed by atoms with Crippen LogP contribution in [0.15, 0.2) is 48.5 Å². The molecule has 0 radical (unpaired) electrons. The molecule has 1 aromatic heterocycles. The first-order valence-electron chi connectivity index (χ1n) is 5.85. The molecule has 0 fully saturated rings. The summed E-state index contributed by atoms with van der Waals surface area (Å²) in [5.41, 5.74) is 1.15. The highest BCUT2D eigenvalue weighted by Gasteiger charge is 2.13. The lowest BCUT2D eigenvalue weighted by atomic mass is 10.2. The molecule has 100 valence electrons. The molecule has 3 aromatic rings. The lowest BCUT2D eigenvalue weighted by molar-refractivity contribution is 0.629. The van der Waals surface area contributed by atoms with Crippen LogP contribution in [-0.4, -0.2) is 14.8 Å². The van der Waals surface area contributed by atoms with E-state index in [1.807, 2.05) is 0 Å². The summed E-state index contributed by atoms with van der Waals surface area (Å²) < 4.78 is 16.0. The Hall–Kier alpha value is -1.98. The molecule has 20 heavy (non-hydrogen) atoms. The molecule has 0 aliphatic carbocycles. The molecule has 0 aliphatic rings. The van der Waals surface area contributed by atoms with Crippen LogP contribution in [0.5, 0.6) is 0 Å². The number of aromatic amines is 1. The molecular weight excluding hydrogens is 297 g/mol. The summed E-state index contributed by atoms with van der Waals surface area (Å²) in [5, 5.41) is 7.43. The third-order valence-corrected chi connectivity index (χ3v) is 3.40. The zero-order valence-corrected chi connectivity index (χ0v) is 11.7. The Bertz CT molecular complexity index is 808. The van der Waals surface area contributed by atoms with Crippen molar-refractivity contribution >= 4 is 23.8 Å². The topological polar surface area (TPSA) is 33.6 Å². The van der Waals surface area contributed by atoms with Gasteiger partial charge in [-0.25, -0.2) is 4.39 Å². The SMILES string of the molecule is Fc1ccccc1-c1n[nH]c(=S)n1-c1ccc(Cl)cc1. The van der Waals surface area contributed by atoms with Gasteiger partial charge in [0.05, 0.1) is 11.3 Å². The van der Waals surface area contributed by atoms with E-state index in [-0.39, 0.29) is 5.82 Å². The van der Waals surface area contributed by atoms with Crippen molar-refractivity contribution in [3.8, 4) is 17.1 Å². The van der Waals surface area contributed by atoms with Crippen LogP contribution in [-0.2, 0) is 0 Å². The molecule has 1 N–H and O–H groups in total. The number of halogens is 2. The maximum Gasteiger partial charge on any atom is 0.200 e. The second-order valence-corrected chi connectivity index (χ2v) is 4.97. The van der Waals surface area contributed by atoms with Crippen molar-refractivity contribution in [2.75, 3.05) is 0 Å². The molecule has 0 amide bonds. The maximum absolute atomic E-state index is 13.9. The number of nitrogens with zero attached hydrogens (tertiary/aromatic N) is 2. The van der Waals surface area contributed by atoms with E-state index in [0.717, 1.165) is 5.69 Å². The van der Waals surface area contributed by atoms with Gasteiger partial charge in [-0.05, 0) is 48.6 Å². The van der Waals surface area contributed by atoms with Crippen LogP contribution in [0.2, 0.25) is 5.02 Å². The van der Waals surface area contributed by atoms with Crippen molar-refractivity contribution in [1.82, 2.24) is 14.8 Å². The lowest BCUT2D eigenvalue weighted by Gasteiger charge is -2.07. The quantitative estimate of drug-likeness (QED) is 0.712. The molecule has 1 heterocycles. The maximum atomic E-state index is 13.9. The third-order valence-electron chi connectivity index (χ3n) is 2.87. The Morgan fingerprint density at radius 1 is 1.10 bits per heavy atom. The highest BCUT2D eigenvalue weighted by Crippen LogP contribution is 2.24. The Labute approximate surface area is 124 Å². The minimum Gasteiger partial charge on any atom is -0.268 e. The first-order chi connectivity index (χ1) is 9.66. The van der Waals surface area contributed by atoms with Crippen LogP contribution in [0.25, 0.3) is 17.1 Å². The zero-order chi connectivity index (χ0) is 14.1. The average molecular weight is 306 g/mol. The van der Waals surface area contributed by atoms with Crippen molar-refractivity contribution in [3.05, 3.63) is 64.1 Å². The van der Waals surface area contributed by atoms with Gasteiger partial charge in [-0.15, -0.1) is 0 Å². The average Bonchev–Trinajstić information content (AvgIpc) is 2.82. The van der Waals surface area contributed by atoms with Gasteiger partial charge in [0.25, 0.3) is 0 Å². The summed E-state index contributed by atoms with van der Waals surface area (Å²) in [6, 6.07) is 13.5. The Morgan fingerprint density at radius 2 is 1.80 bits per heavy atom. The Balaban J connectivity index is 2.23. The molecule has 0 spiro atoms. The number of nitrogens with one attached hydrogen (secondary N) is 1. The number of H-pyrrole nitrogens is 1. The second kappa shape index (κ2) is 5.19. The largest absolute Gasteiger partial charge is 0.268 e. The molecule has 2 aromatic carbocycles. The predicted molar refractivity (Wildman–Crippen MR) is 79.2 cm³/mol. The van der Waals surface area contributed by atoms with Crippen LogP contribution in [0, 0.1) is 10.6 Å². The van der Waals surface area contributed by atoms with Gasteiger partial charge >= 0.3 is 0 Å². The minimum atomic E-state index is -0.350. The summed E-state index contributed by atoms with van der Waals surface area (Å²) in [6.45, 7) is 0. The molecule has 0 atom stereocenters. The van der Waals surface area contributed by atoms with E-state index < -0.39 is 0 Å². The van der Waals surface area contributed by atoms with Crippen molar-refractivity contribution in [1.29, 1.82) is 0 Å². The highest BCUT2D eigenvalue weighted by molar-refractivity contribution is 7.71. The normalized spacial score (nSPS) is 10.7. The van der Waals surface area contributed by atoms with E-state index in [2.05, 4.69) is 10.2 Å². The molecule has 6 heteroatoms. The third kappa shape index (κ3) is 2.26. The van der Waals surface area contributed by atoms with Crippen LogP contribution >= 0.6 is 23.8 Å². The van der Waals surface area contributed by atoms with E-state index in [0.29, 0.717) is 21.2 Å². The summed E-state index contributed by atoms with van der Waals surface area (Å²) in [5.74, 6) is 0.0761. The smallest absolute Gasteiger partial charge is 0.200 e. The molecule has 0 saturated carbocycles. The lowest BCUT2D eigenvalue weighted by Crippen LogP contribution is -1.98. The van der Waals surface area contributed by atoms with Gasteiger partial charge in [0.1, 0.15) is 5.82 Å². The van der Waals surface area contributed by atoms with Gasteiger partial charge in [0, 0.05) is 5.02 Å². The van der Waals surface area contributed by atoms with E-state index in [9.17, 15) is 4.39 Å². The van der Waals surface area contributed by atoms with Crippen LogP contribution in [0.4, 0.5) is 4.39 Å². The van der Waals surface area contributed by atoms with E-state index in [1.165, 1.54) is 6.07 Å². The second-order valence-electron chi connectivity index (χ2n) is 4.14. The van der Waals surface area contributed by atoms with Gasteiger partial charge in [-0.3, -0.25) is 9.67 Å². The van der Waals surface area contributed by atoms with Crippen LogP contribution < -0.4 is 0 Å². The first-order valence-corrected chi connectivity index (χ1v) is 6.64. The summed E-state index contributed by atoms with van der Waals surface area (Å²) in [4.78, 5) is 0. The summed E-state index contributed by atoms with van der Waals surface area (Å²) in [6.07, 6.45) is 0. The van der Waals surface area contributed by atoms with Crippen LogP contribution in [0.3, 0.4) is 0 Å². The molecule has 0 aliphatic heterocycles. The predicted octanol–water partition coefficient (Wildman–Crippen LogP) is 4.39. The monoisotopic (exact) mass is 305 g/mol. The molecule has 0 unspecified atom stereocenters. The molecule has 3 rings (SSSR count). The summed E-state index contributed by atoms with van der Waals surface area (Å²) in [7, 11) is 0. The Morgan fingerprint density at radius 3 is 2.50 bits per heavy atom.